The lowest BCUT2D eigenvalue weighted by Crippen LogP contribution is -2.47. The van der Waals surface area contributed by atoms with E-state index in [0.717, 1.165) is 24.6 Å². The first-order valence-corrected chi connectivity index (χ1v) is 8.75. The van der Waals surface area contributed by atoms with E-state index in [-0.39, 0.29) is 0 Å². The van der Waals surface area contributed by atoms with Crippen LogP contribution in [-0.4, -0.2) is 18.7 Å². The van der Waals surface area contributed by atoms with Gasteiger partial charge in [0.15, 0.2) is 0 Å². The van der Waals surface area contributed by atoms with Gasteiger partial charge in [-0.15, -0.1) is 0 Å². The number of hydrogen-bond acceptors (Lipinski definition) is 2. The van der Waals surface area contributed by atoms with Gasteiger partial charge in [-0.25, -0.2) is 0 Å². The van der Waals surface area contributed by atoms with Crippen molar-refractivity contribution in [3.05, 3.63) is 29.8 Å². The molecular weight excluding hydrogens is 258 g/mol. The summed E-state index contributed by atoms with van der Waals surface area (Å²) in [5.74, 6) is 1.88. The summed E-state index contributed by atoms with van der Waals surface area (Å²) in [6.07, 6.45) is 7.81. The number of nitrogens with one attached hydrogen (secondary N) is 1. The van der Waals surface area contributed by atoms with E-state index in [1.807, 2.05) is 0 Å². The van der Waals surface area contributed by atoms with E-state index in [4.69, 9.17) is 4.74 Å². The third-order valence-corrected chi connectivity index (χ3v) is 4.66. The van der Waals surface area contributed by atoms with Gasteiger partial charge in [0.25, 0.3) is 0 Å². The maximum atomic E-state index is 6.38. The normalized spacial score (nSPS) is 25.8. The molecular formula is C19H31NO. The lowest BCUT2D eigenvalue weighted by Gasteiger charge is -2.36. The minimum Gasteiger partial charge on any atom is -0.489 e. The highest BCUT2D eigenvalue weighted by molar-refractivity contribution is 5.28. The molecule has 1 saturated carbocycles. The van der Waals surface area contributed by atoms with E-state index < -0.39 is 0 Å². The van der Waals surface area contributed by atoms with Crippen molar-refractivity contribution in [2.75, 3.05) is 6.54 Å². The highest BCUT2D eigenvalue weighted by atomic mass is 16.5. The first kappa shape index (κ1) is 16.4. The number of hydrogen-bond donors (Lipinski definition) is 1. The van der Waals surface area contributed by atoms with Crippen LogP contribution < -0.4 is 10.1 Å². The van der Waals surface area contributed by atoms with Gasteiger partial charge < -0.3 is 10.1 Å². The fraction of sp³-hybridized carbons (Fsp3) is 0.684. The van der Waals surface area contributed by atoms with Crippen LogP contribution in [0.2, 0.25) is 0 Å². The molecule has 2 rings (SSSR count). The van der Waals surface area contributed by atoms with Gasteiger partial charge in [0.1, 0.15) is 11.9 Å². The molecule has 1 aliphatic carbocycles. The van der Waals surface area contributed by atoms with E-state index in [0.29, 0.717) is 12.1 Å². The van der Waals surface area contributed by atoms with Crippen LogP contribution in [0.4, 0.5) is 0 Å². The van der Waals surface area contributed by atoms with Gasteiger partial charge >= 0.3 is 0 Å². The molecule has 0 amide bonds. The van der Waals surface area contributed by atoms with Gasteiger partial charge in [-0.2, -0.15) is 0 Å². The topological polar surface area (TPSA) is 21.3 Å². The Morgan fingerprint density at radius 3 is 2.76 bits per heavy atom. The van der Waals surface area contributed by atoms with Gasteiger partial charge in [-0.3, -0.25) is 0 Å². The van der Waals surface area contributed by atoms with Crippen molar-refractivity contribution in [1.29, 1.82) is 0 Å². The summed E-state index contributed by atoms with van der Waals surface area (Å²) in [7, 11) is 0. The molecule has 1 N–H and O–H groups in total. The van der Waals surface area contributed by atoms with E-state index in [9.17, 15) is 0 Å². The van der Waals surface area contributed by atoms with E-state index >= 15 is 0 Å². The highest BCUT2D eigenvalue weighted by Crippen LogP contribution is 2.31. The van der Waals surface area contributed by atoms with Crippen molar-refractivity contribution in [3.8, 4) is 5.75 Å². The smallest absolute Gasteiger partial charge is 0.120 e. The van der Waals surface area contributed by atoms with Crippen molar-refractivity contribution in [1.82, 2.24) is 5.32 Å². The van der Waals surface area contributed by atoms with Crippen LogP contribution in [0.15, 0.2) is 24.3 Å². The maximum Gasteiger partial charge on any atom is 0.120 e. The molecule has 0 bridgehead atoms. The quantitative estimate of drug-likeness (QED) is 0.793. The SMILES string of the molecule is CCCC1CCC(NCC)C(Oc2cccc(CC)c2)C1. The largest absolute Gasteiger partial charge is 0.489 e. The standard InChI is InChI=1S/C19H31NO/c1-4-8-16-11-12-18(20-6-3)19(14-16)21-17-10-7-9-15(5-2)13-17/h7,9-10,13,16,18-20H,4-6,8,11-12,14H2,1-3H3. The molecule has 0 spiro atoms. The molecule has 1 fully saturated rings. The summed E-state index contributed by atoms with van der Waals surface area (Å²) in [5, 5.41) is 3.62. The lowest BCUT2D eigenvalue weighted by molar-refractivity contribution is 0.0839. The number of rotatable bonds is 7. The average Bonchev–Trinajstić information content (AvgIpc) is 2.50. The zero-order valence-corrected chi connectivity index (χ0v) is 13.9. The van der Waals surface area contributed by atoms with Crippen LogP contribution in [0.1, 0.15) is 58.4 Å². The first-order valence-electron chi connectivity index (χ1n) is 8.75. The molecule has 0 saturated heterocycles. The number of likely N-dealkylation sites (N-methyl/N-ethyl adjacent to an activating group) is 1. The van der Waals surface area contributed by atoms with Crippen molar-refractivity contribution < 1.29 is 4.74 Å². The maximum absolute atomic E-state index is 6.38. The van der Waals surface area contributed by atoms with Gasteiger partial charge in [0, 0.05) is 6.04 Å². The molecule has 0 heterocycles. The third kappa shape index (κ3) is 4.74. The van der Waals surface area contributed by atoms with Gasteiger partial charge in [-0.05, 0) is 55.8 Å². The summed E-state index contributed by atoms with van der Waals surface area (Å²) in [6, 6.07) is 9.10. The molecule has 0 aromatic heterocycles. The number of aryl methyl sites for hydroxylation is 1. The Bertz CT molecular complexity index is 418. The summed E-state index contributed by atoms with van der Waals surface area (Å²) in [5.41, 5.74) is 1.36. The van der Waals surface area contributed by atoms with Crippen molar-refractivity contribution in [3.63, 3.8) is 0 Å². The molecule has 0 radical (unpaired) electrons. The Morgan fingerprint density at radius 2 is 2.05 bits per heavy atom. The average molecular weight is 289 g/mol. The molecule has 118 valence electrons. The van der Waals surface area contributed by atoms with Gasteiger partial charge in [-0.1, -0.05) is 45.7 Å². The first-order chi connectivity index (χ1) is 10.3. The minimum atomic E-state index is 0.322. The Hall–Kier alpha value is -1.02. The fourth-order valence-corrected chi connectivity index (χ4v) is 3.52. The van der Waals surface area contributed by atoms with Crippen molar-refractivity contribution >= 4 is 0 Å². The molecule has 1 aromatic carbocycles. The lowest BCUT2D eigenvalue weighted by atomic mass is 9.81. The monoisotopic (exact) mass is 289 g/mol. The van der Waals surface area contributed by atoms with Crippen LogP contribution in [-0.2, 0) is 6.42 Å². The van der Waals surface area contributed by atoms with Gasteiger partial charge in [0.05, 0.1) is 0 Å². The van der Waals surface area contributed by atoms with Crippen molar-refractivity contribution in [2.24, 2.45) is 5.92 Å². The number of ether oxygens (including phenoxy) is 1. The second-order valence-electron chi connectivity index (χ2n) is 6.29. The molecule has 0 aliphatic heterocycles. The third-order valence-electron chi connectivity index (χ3n) is 4.66. The molecule has 3 atom stereocenters. The second-order valence-corrected chi connectivity index (χ2v) is 6.29. The summed E-state index contributed by atoms with van der Waals surface area (Å²) < 4.78 is 6.38. The predicted molar refractivity (Wildman–Crippen MR) is 89.9 cm³/mol. The van der Waals surface area contributed by atoms with Crippen molar-refractivity contribution in [2.45, 2.75) is 71.4 Å². The molecule has 1 aliphatic rings. The van der Waals surface area contributed by atoms with Crippen LogP contribution in [0.3, 0.4) is 0 Å². The Balaban J connectivity index is 2.04. The van der Waals surface area contributed by atoms with Crippen LogP contribution in [0.25, 0.3) is 0 Å². The molecule has 1 aromatic rings. The Morgan fingerprint density at radius 1 is 1.19 bits per heavy atom. The Kier molecular flexibility index (Phi) is 6.56. The highest BCUT2D eigenvalue weighted by Gasteiger charge is 2.31. The molecule has 2 heteroatoms. The van der Waals surface area contributed by atoms with E-state index in [1.165, 1.54) is 37.7 Å². The van der Waals surface area contributed by atoms with E-state index in [1.54, 1.807) is 0 Å². The minimum absolute atomic E-state index is 0.322. The summed E-state index contributed by atoms with van der Waals surface area (Å²) in [6.45, 7) is 7.69. The van der Waals surface area contributed by atoms with E-state index in [2.05, 4.69) is 50.4 Å². The molecule has 21 heavy (non-hydrogen) atoms. The Labute approximate surface area is 130 Å². The summed E-state index contributed by atoms with van der Waals surface area (Å²) >= 11 is 0. The molecule has 2 nitrogen and oxygen atoms in total. The number of benzene rings is 1. The van der Waals surface area contributed by atoms with Crippen LogP contribution in [0.5, 0.6) is 5.75 Å². The van der Waals surface area contributed by atoms with Crippen LogP contribution in [0, 0.1) is 5.92 Å². The molecule has 3 unspecified atom stereocenters. The zero-order valence-electron chi connectivity index (χ0n) is 13.9. The van der Waals surface area contributed by atoms with Crippen LogP contribution >= 0.6 is 0 Å². The van der Waals surface area contributed by atoms with Gasteiger partial charge in [0.2, 0.25) is 0 Å². The summed E-state index contributed by atoms with van der Waals surface area (Å²) in [4.78, 5) is 0. The second kappa shape index (κ2) is 8.43. The predicted octanol–water partition coefficient (Wildman–Crippen LogP) is 4.57. The fourth-order valence-electron chi connectivity index (χ4n) is 3.52. The zero-order chi connectivity index (χ0) is 15.1.